The molecule has 2 aromatic rings. The van der Waals surface area contributed by atoms with E-state index < -0.39 is 0 Å². The van der Waals surface area contributed by atoms with E-state index in [0.717, 1.165) is 10.5 Å². The fourth-order valence-corrected chi connectivity index (χ4v) is 2.37. The van der Waals surface area contributed by atoms with Gasteiger partial charge >= 0.3 is 0 Å². The van der Waals surface area contributed by atoms with Gasteiger partial charge in [0.2, 0.25) is 0 Å². The summed E-state index contributed by atoms with van der Waals surface area (Å²) < 4.78 is 0. The summed E-state index contributed by atoms with van der Waals surface area (Å²) in [6.45, 7) is 3.85. The molecule has 2 nitrogen and oxygen atoms in total. The Morgan fingerprint density at radius 2 is 2.00 bits per heavy atom. The summed E-state index contributed by atoms with van der Waals surface area (Å²) in [6, 6.07) is 10.3. The van der Waals surface area contributed by atoms with E-state index in [2.05, 4.69) is 23.2 Å². The predicted molar refractivity (Wildman–Crippen MR) is 65.3 cm³/mol. The van der Waals surface area contributed by atoms with Crippen LogP contribution in [0.4, 0.5) is 0 Å². The SMILES string of the molecule is CC(O)C(C)Sc1cc2ccccc2[nH]1. The van der Waals surface area contributed by atoms with Crippen molar-refractivity contribution in [2.24, 2.45) is 0 Å². The van der Waals surface area contributed by atoms with Crippen LogP contribution >= 0.6 is 11.8 Å². The Bertz CT molecular complexity index is 417. The maximum atomic E-state index is 9.42. The number of aromatic amines is 1. The van der Waals surface area contributed by atoms with Crippen molar-refractivity contribution in [2.45, 2.75) is 30.2 Å². The maximum absolute atomic E-state index is 9.42. The molecule has 80 valence electrons. The summed E-state index contributed by atoms with van der Waals surface area (Å²) >= 11 is 1.67. The normalized spacial score (nSPS) is 15.4. The number of aliphatic hydroxyl groups excluding tert-OH is 1. The molecule has 0 bridgehead atoms. The summed E-state index contributed by atoms with van der Waals surface area (Å²) in [5, 5.41) is 12.0. The van der Waals surface area contributed by atoms with Gasteiger partial charge in [-0.3, -0.25) is 0 Å². The highest BCUT2D eigenvalue weighted by atomic mass is 32.2. The van der Waals surface area contributed by atoms with E-state index in [0.29, 0.717) is 0 Å². The van der Waals surface area contributed by atoms with Crippen molar-refractivity contribution < 1.29 is 5.11 Å². The third-order valence-electron chi connectivity index (χ3n) is 2.50. The van der Waals surface area contributed by atoms with Crippen LogP contribution in [0.3, 0.4) is 0 Å². The van der Waals surface area contributed by atoms with Crippen molar-refractivity contribution in [1.29, 1.82) is 0 Å². The number of aliphatic hydroxyl groups is 1. The maximum Gasteiger partial charge on any atom is 0.0736 e. The highest BCUT2D eigenvalue weighted by Crippen LogP contribution is 2.27. The number of H-pyrrole nitrogens is 1. The van der Waals surface area contributed by atoms with Gasteiger partial charge in [0.1, 0.15) is 0 Å². The van der Waals surface area contributed by atoms with Gasteiger partial charge in [-0.25, -0.2) is 0 Å². The number of hydrogen-bond donors (Lipinski definition) is 2. The second-order valence-electron chi connectivity index (χ2n) is 3.78. The van der Waals surface area contributed by atoms with Crippen molar-refractivity contribution in [3.8, 4) is 0 Å². The lowest BCUT2D eigenvalue weighted by atomic mass is 10.3. The van der Waals surface area contributed by atoms with Crippen LogP contribution in [0.2, 0.25) is 0 Å². The molecule has 0 saturated carbocycles. The summed E-state index contributed by atoms with van der Waals surface area (Å²) in [5.41, 5.74) is 1.15. The molecule has 0 radical (unpaired) electrons. The largest absolute Gasteiger partial charge is 0.392 e. The minimum absolute atomic E-state index is 0.207. The molecule has 2 rings (SSSR count). The van der Waals surface area contributed by atoms with Gasteiger partial charge in [-0.15, -0.1) is 11.8 Å². The molecule has 15 heavy (non-hydrogen) atoms. The molecule has 0 aliphatic heterocycles. The molecular formula is C12H15NOS. The lowest BCUT2D eigenvalue weighted by Crippen LogP contribution is -2.14. The van der Waals surface area contributed by atoms with Gasteiger partial charge < -0.3 is 10.1 Å². The lowest BCUT2D eigenvalue weighted by molar-refractivity contribution is 0.196. The van der Waals surface area contributed by atoms with E-state index >= 15 is 0 Å². The van der Waals surface area contributed by atoms with Crippen LogP contribution < -0.4 is 0 Å². The van der Waals surface area contributed by atoms with Gasteiger partial charge in [0.15, 0.2) is 0 Å². The van der Waals surface area contributed by atoms with Crippen LogP contribution in [0.15, 0.2) is 35.4 Å². The molecule has 2 atom stereocenters. The second-order valence-corrected chi connectivity index (χ2v) is 5.20. The zero-order valence-electron chi connectivity index (χ0n) is 8.90. The average Bonchev–Trinajstić information content (AvgIpc) is 2.59. The van der Waals surface area contributed by atoms with Crippen LogP contribution in [0.25, 0.3) is 10.9 Å². The number of hydrogen-bond acceptors (Lipinski definition) is 2. The van der Waals surface area contributed by atoms with E-state index in [-0.39, 0.29) is 11.4 Å². The quantitative estimate of drug-likeness (QED) is 0.781. The predicted octanol–water partition coefficient (Wildman–Crippen LogP) is 3.03. The van der Waals surface area contributed by atoms with Crippen molar-refractivity contribution >= 4 is 22.7 Å². The molecule has 0 saturated heterocycles. The lowest BCUT2D eigenvalue weighted by Gasteiger charge is -2.12. The molecule has 0 aliphatic rings. The number of para-hydroxylation sites is 1. The Hall–Kier alpha value is -0.930. The topological polar surface area (TPSA) is 36.0 Å². The van der Waals surface area contributed by atoms with Crippen molar-refractivity contribution in [3.05, 3.63) is 30.3 Å². The molecule has 3 heteroatoms. The van der Waals surface area contributed by atoms with E-state index in [1.54, 1.807) is 11.8 Å². The fraction of sp³-hybridized carbons (Fsp3) is 0.333. The number of benzene rings is 1. The first-order valence-corrected chi connectivity index (χ1v) is 5.97. The summed E-state index contributed by atoms with van der Waals surface area (Å²) in [6.07, 6.45) is -0.290. The molecule has 0 amide bonds. The van der Waals surface area contributed by atoms with Crippen molar-refractivity contribution in [3.63, 3.8) is 0 Å². The molecule has 1 aromatic heterocycles. The van der Waals surface area contributed by atoms with Gasteiger partial charge in [0.25, 0.3) is 0 Å². The Labute approximate surface area is 93.7 Å². The van der Waals surface area contributed by atoms with Crippen molar-refractivity contribution in [2.75, 3.05) is 0 Å². The molecule has 0 aliphatic carbocycles. The van der Waals surface area contributed by atoms with E-state index in [1.807, 2.05) is 26.0 Å². The van der Waals surface area contributed by atoms with E-state index in [1.165, 1.54) is 5.39 Å². The third-order valence-corrected chi connectivity index (χ3v) is 3.74. The standard InChI is InChI=1S/C12H15NOS/c1-8(14)9(2)15-12-7-10-5-3-4-6-11(10)13-12/h3-9,13-14H,1-2H3. The van der Waals surface area contributed by atoms with Gasteiger partial charge in [-0.05, 0) is 19.1 Å². The van der Waals surface area contributed by atoms with Gasteiger partial charge in [0.05, 0.1) is 11.1 Å². The molecule has 2 unspecified atom stereocenters. The molecule has 1 heterocycles. The molecule has 0 fully saturated rings. The molecule has 1 aromatic carbocycles. The number of nitrogens with one attached hydrogen (secondary N) is 1. The molecule has 0 spiro atoms. The number of aromatic nitrogens is 1. The van der Waals surface area contributed by atoms with Gasteiger partial charge in [-0.2, -0.15) is 0 Å². The first-order valence-electron chi connectivity index (χ1n) is 5.09. The zero-order chi connectivity index (χ0) is 10.8. The first-order chi connectivity index (χ1) is 7.16. The van der Waals surface area contributed by atoms with Crippen LogP contribution in [0.1, 0.15) is 13.8 Å². The second kappa shape index (κ2) is 4.29. The fourth-order valence-electron chi connectivity index (χ4n) is 1.41. The number of fused-ring (bicyclic) bond motifs is 1. The van der Waals surface area contributed by atoms with E-state index in [4.69, 9.17) is 0 Å². The third kappa shape index (κ3) is 2.36. The summed E-state index contributed by atoms with van der Waals surface area (Å²) in [7, 11) is 0. The monoisotopic (exact) mass is 221 g/mol. The summed E-state index contributed by atoms with van der Waals surface area (Å²) in [5.74, 6) is 0. The Balaban J connectivity index is 2.22. The van der Waals surface area contributed by atoms with Crippen LogP contribution in [-0.4, -0.2) is 21.4 Å². The average molecular weight is 221 g/mol. The van der Waals surface area contributed by atoms with Crippen molar-refractivity contribution in [1.82, 2.24) is 4.98 Å². The summed E-state index contributed by atoms with van der Waals surface area (Å²) in [4.78, 5) is 3.33. The minimum Gasteiger partial charge on any atom is -0.392 e. The Morgan fingerprint density at radius 1 is 1.27 bits per heavy atom. The zero-order valence-corrected chi connectivity index (χ0v) is 9.71. The highest BCUT2D eigenvalue weighted by Gasteiger charge is 2.11. The van der Waals surface area contributed by atoms with E-state index in [9.17, 15) is 5.11 Å². The number of rotatable bonds is 3. The smallest absolute Gasteiger partial charge is 0.0736 e. The number of thioether (sulfide) groups is 1. The van der Waals surface area contributed by atoms with Gasteiger partial charge in [0, 0.05) is 16.2 Å². The van der Waals surface area contributed by atoms with Crippen LogP contribution in [0, 0.1) is 0 Å². The molecular weight excluding hydrogens is 206 g/mol. The minimum atomic E-state index is -0.290. The van der Waals surface area contributed by atoms with Crippen LogP contribution in [0.5, 0.6) is 0 Å². The van der Waals surface area contributed by atoms with Gasteiger partial charge in [-0.1, -0.05) is 25.1 Å². The first kappa shape index (κ1) is 10.6. The molecule has 2 N–H and O–H groups in total. The highest BCUT2D eigenvalue weighted by molar-refractivity contribution is 7.99. The Kier molecular flexibility index (Phi) is 3.03. The van der Waals surface area contributed by atoms with Crippen LogP contribution in [-0.2, 0) is 0 Å². The Morgan fingerprint density at radius 3 is 2.67 bits per heavy atom.